The third-order valence-corrected chi connectivity index (χ3v) is 4.51. The van der Waals surface area contributed by atoms with Crippen LogP contribution in [0, 0.1) is 0 Å². The molecule has 0 aliphatic carbocycles. The fourth-order valence-electron chi connectivity index (χ4n) is 2.15. The monoisotopic (exact) mass is 264 g/mol. The smallest absolute Gasteiger partial charge is 0.120 e. The van der Waals surface area contributed by atoms with Crippen LogP contribution in [0.3, 0.4) is 0 Å². The molecular weight excluding hydrogens is 244 g/mol. The molecule has 1 fully saturated rings. The number of ether oxygens (including phenoxy) is 1. The van der Waals surface area contributed by atoms with E-state index in [2.05, 4.69) is 19.1 Å². The van der Waals surface area contributed by atoms with Crippen molar-refractivity contribution in [2.45, 2.75) is 38.2 Å². The van der Waals surface area contributed by atoms with Gasteiger partial charge in [0.15, 0.2) is 0 Å². The van der Waals surface area contributed by atoms with Gasteiger partial charge < -0.3 is 9.53 Å². The summed E-state index contributed by atoms with van der Waals surface area (Å²) in [6.07, 6.45) is 4.34. The Labute approximate surface area is 113 Å². The molecule has 1 aromatic carbocycles. The van der Waals surface area contributed by atoms with E-state index >= 15 is 0 Å². The van der Waals surface area contributed by atoms with Crippen LogP contribution in [0.25, 0.3) is 0 Å². The summed E-state index contributed by atoms with van der Waals surface area (Å²) in [5.74, 6) is 3.61. The molecule has 2 atom stereocenters. The van der Waals surface area contributed by atoms with Gasteiger partial charge in [-0.25, -0.2) is 0 Å². The van der Waals surface area contributed by atoms with Crippen molar-refractivity contribution >= 4 is 18.0 Å². The van der Waals surface area contributed by atoms with Crippen molar-refractivity contribution in [2.24, 2.45) is 0 Å². The molecule has 0 amide bonds. The van der Waals surface area contributed by atoms with Crippen LogP contribution in [-0.4, -0.2) is 23.9 Å². The number of benzene rings is 1. The van der Waals surface area contributed by atoms with Crippen LogP contribution in [-0.2, 0) is 4.79 Å². The predicted octanol–water partition coefficient (Wildman–Crippen LogP) is 3.65. The Kier molecular flexibility index (Phi) is 5.12. The number of hydrogen-bond acceptors (Lipinski definition) is 3. The van der Waals surface area contributed by atoms with E-state index in [0.29, 0.717) is 18.4 Å². The third kappa shape index (κ3) is 3.77. The molecule has 0 aromatic heterocycles. The van der Waals surface area contributed by atoms with Gasteiger partial charge in [0.1, 0.15) is 18.1 Å². The summed E-state index contributed by atoms with van der Waals surface area (Å²) >= 11 is 1.97. The summed E-state index contributed by atoms with van der Waals surface area (Å²) in [5, 5.41) is 0. The second kappa shape index (κ2) is 6.83. The molecule has 3 heteroatoms. The summed E-state index contributed by atoms with van der Waals surface area (Å²) in [7, 11) is 0. The Bertz CT molecular complexity index is 369. The van der Waals surface area contributed by atoms with Crippen molar-refractivity contribution in [3.05, 3.63) is 29.8 Å². The van der Waals surface area contributed by atoms with Crippen molar-refractivity contribution in [3.8, 4) is 5.75 Å². The molecule has 98 valence electrons. The number of carbonyl (C=O) groups excluding carboxylic acids is 1. The summed E-state index contributed by atoms with van der Waals surface area (Å²) in [6.45, 7) is 2.07. The van der Waals surface area contributed by atoms with Crippen molar-refractivity contribution in [3.63, 3.8) is 0 Å². The predicted molar refractivity (Wildman–Crippen MR) is 76.5 cm³/mol. The van der Waals surface area contributed by atoms with Gasteiger partial charge in [-0.1, -0.05) is 19.1 Å². The van der Waals surface area contributed by atoms with Crippen molar-refractivity contribution in [2.75, 3.05) is 11.5 Å². The number of carbonyl (C=O) groups is 1. The number of aldehydes is 1. The SMILES string of the molecule is CC(CC=O)c1ccc(OC2CCCSC2)cc1. The van der Waals surface area contributed by atoms with E-state index in [1.165, 1.54) is 17.7 Å². The van der Waals surface area contributed by atoms with Gasteiger partial charge in [-0.15, -0.1) is 0 Å². The zero-order chi connectivity index (χ0) is 12.8. The van der Waals surface area contributed by atoms with Gasteiger partial charge in [-0.2, -0.15) is 11.8 Å². The van der Waals surface area contributed by atoms with E-state index in [0.717, 1.165) is 24.2 Å². The van der Waals surface area contributed by atoms with E-state index in [9.17, 15) is 4.79 Å². The third-order valence-electron chi connectivity index (χ3n) is 3.32. The minimum absolute atomic E-state index is 0.293. The highest BCUT2D eigenvalue weighted by Crippen LogP contribution is 2.25. The summed E-state index contributed by atoms with van der Waals surface area (Å²) in [5.41, 5.74) is 1.20. The molecule has 0 saturated carbocycles. The Hall–Kier alpha value is -0.960. The average Bonchev–Trinajstić information content (AvgIpc) is 2.41. The standard InChI is InChI=1S/C15H20O2S/c1-12(8-9-16)13-4-6-14(7-5-13)17-15-3-2-10-18-11-15/h4-7,9,12,15H,2-3,8,10-11H2,1H3. The van der Waals surface area contributed by atoms with Gasteiger partial charge in [-0.05, 0) is 42.2 Å². The lowest BCUT2D eigenvalue weighted by atomic mass is 9.98. The lowest BCUT2D eigenvalue weighted by molar-refractivity contribution is -0.108. The number of thioether (sulfide) groups is 1. The quantitative estimate of drug-likeness (QED) is 0.759. The molecule has 0 radical (unpaired) electrons. The van der Waals surface area contributed by atoms with E-state index in [1.807, 2.05) is 23.9 Å². The minimum atomic E-state index is 0.293. The zero-order valence-electron chi connectivity index (χ0n) is 10.8. The molecule has 18 heavy (non-hydrogen) atoms. The average molecular weight is 264 g/mol. The topological polar surface area (TPSA) is 26.3 Å². The van der Waals surface area contributed by atoms with Gasteiger partial charge in [0.25, 0.3) is 0 Å². The molecule has 0 spiro atoms. The number of hydrogen-bond donors (Lipinski definition) is 0. The van der Waals surface area contributed by atoms with Gasteiger partial charge in [0, 0.05) is 12.2 Å². The molecule has 0 N–H and O–H groups in total. The normalized spacial score (nSPS) is 21.3. The summed E-state index contributed by atoms with van der Waals surface area (Å²) in [6, 6.07) is 8.19. The summed E-state index contributed by atoms with van der Waals surface area (Å²) in [4.78, 5) is 10.5. The Morgan fingerprint density at radius 3 is 2.83 bits per heavy atom. The lowest BCUT2D eigenvalue weighted by Gasteiger charge is -2.22. The van der Waals surface area contributed by atoms with Gasteiger partial charge in [0.05, 0.1) is 0 Å². The first-order chi connectivity index (χ1) is 8.79. The van der Waals surface area contributed by atoms with Gasteiger partial charge >= 0.3 is 0 Å². The van der Waals surface area contributed by atoms with Crippen LogP contribution < -0.4 is 4.74 Å². The second-order valence-electron chi connectivity index (χ2n) is 4.83. The lowest BCUT2D eigenvalue weighted by Crippen LogP contribution is -2.23. The fraction of sp³-hybridized carbons (Fsp3) is 0.533. The number of rotatable bonds is 5. The van der Waals surface area contributed by atoms with E-state index in [4.69, 9.17) is 4.74 Å². The first kappa shape index (κ1) is 13.5. The second-order valence-corrected chi connectivity index (χ2v) is 5.98. The fourth-order valence-corrected chi connectivity index (χ4v) is 3.19. The molecule has 1 saturated heterocycles. The highest BCUT2D eigenvalue weighted by Gasteiger charge is 2.15. The molecule has 1 heterocycles. The van der Waals surface area contributed by atoms with Gasteiger partial charge in [0.2, 0.25) is 0 Å². The van der Waals surface area contributed by atoms with Crippen molar-refractivity contribution < 1.29 is 9.53 Å². The maximum absolute atomic E-state index is 10.5. The van der Waals surface area contributed by atoms with Crippen LogP contribution in [0.5, 0.6) is 5.75 Å². The van der Waals surface area contributed by atoms with E-state index < -0.39 is 0 Å². The Morgan fingerprint density at radius 2 is 2.22 bits per heavy atom. The molecular formula is C15H20O2S. The van der Waals surface area contributed by atoms with Crippen LogP contribution >= 0.6 is 11.8 Å². The van der Waals surface area contributed by atoms with Crippen molar-refractivity contribution in [1.82, 2.24) is 0 Å². The molecule has 2 nitrogen and oxygen atoms in total. The van der Waals surface area contributed by atoms with Crippen LogP contribution in [0.4, 0.5) is 0 Å². The first-order valence-electron chi connectivity index (χ1n) is 6.57. The van der Waals surface area contributed by atoms with Crippen LogP contribution in [0.2, 0.25) is 0 Å². The van der Waals surface area contributed by atoms with Crippen molar-refractivity contribution in [1.29, 1.82) is 0 Å². The Morgan fingerprint density at radius 1 is 1.44 bits per heavy atom. The molecule has 2 rings (SSSR count). The highest BCUT2D eigenvalue weighted by atomic mass is 32.2. The maximum atomic E-state index is 10.5. The molecule has 1 aliphatic rings. The highest BCUT2D eigenvalue weighted by molar-refractivity contribution is 7.99. The van der Waals surface area contributed by atoms with Gasteiger partial charge in [-0.3, -0.25) is 0 Å². The summed E-state index contributed by atoms with van der Waals surface area (Å²) < 4.78 is 5.96. The van der Waals surface area contributed by atoms with E-state index in [-0.39, 0.29) is 0 Å². The molecule has 1 aromatic rings. The maximum Gasteiger partial charge on any atom is 0.120 e. The molecule has 1 aliphatic heterocycles. The van der Waals surface area contributed by atoms with Crippen LogP contribution in [0.1, 0.15) is 37.7 Å². The zero-order valence-corrected chi connectivity index (χ0v) is 11.6. The first-order valence-corrected chi connectivity index (χ1v) is 7.73. The largest absolute Gasteiger partial charge is 0.490 e. The molecule has 0 bridgehead atoms. The van der Waals surface area contributed by atoms with Crippen LogP contribution in [0.15, 0.2) is 24.3 Å². The van der Waals surface area contributed by atoms with E-state index in [1.54, 1.807) is 0 Å². The Balaban J connectivity index is 1.92. The minimum Gasteiger partial charge on any atom is -0.490 e. The molecule has 2 unspecified atom stereocenters.